The molecule has 0 saturated heterocycles. The van der Waals surface area contributed by atoms with Crippen molar-refractivity contribution in [1.82, 2.24) is 0 Å². The smallest absolute Gasteiger partial charge is 0.123 e. The fourth-order valence-electron chi connectivity index (χ4n) is 2.15. The van der Waals surface area contributed by atoms with E-state index in [1.54, 1.807) is 24.3 Å². The maximum atomic E-state index is 13.3. The van der Waals surface area contributed by atoms with Crippen LogP contribution in [0.5, 0.6) is 0 Å². The lowest BCUT2D eigenvalue weighted by atomic mass is 9.91. The Bertz CT molecular complexity index is 566. The van der Waals surface area contributed by atoms with Crippen molar-refractivity contribution in [2.45, 2.75) is 19.3 Å². The van der Waals surface area contributed by atoms with E-state index in [9.17, 15) is 8.78 Å². The van der Waals surface area contributed by atoms with Gasteiger partial charge in [0.05, 0.1) is 0 Å². The van der Waals surface area contributed by atoms with Crippen LogP contribution in [0.25, 0.3) is 0 Å². The van der Waals surface area contributed by atoms with Gasteiger partial charge in [0.25, 0.3) is 0 Å². The Morgan fingerprint density at radius 3 is 2.47 bits per heavy atom. The molecule has 0 fully saturated rings. The van der Waals surface area contributed by atoms with Gasteiger partial charge in [-0.05, 0) is 60.2 Å². The molecule has 2 aromatic rings. The second kappa shape index (κ2) is 6.29. The quantitative estimate of drug-likeness (QED) is 0.695. The van der Waals surface area contributed by atoms with Crippen molar-refractivity contribution >= 4 is 15.9 Å². The molecule has 0 saturated carbocycles. The van der Waals surface area contributed by atoms with Crippen molar-refractivity contribution in [3.05, 3.63) is 70.8 Å². The molecule has 0 aliphatic heterocycles. The highest BCUT2D eigenvalue weighted by molar-refractivity contribution is 9.09. The van der Waals surface area contributed by atoms with Gasteiger partial charge in [0.2, 0.25) is 0 Å². The summed E-state index contributed by atoms with van der Waals surface area (Å²) in [6.07, 6.45) is 0.693. The van der Waals surface area contributed by atoms with Gasteiger partial charge >= 0.3 is 0 Å². The van der Waals surface area contributed by atoms with E-state index in [2.05, 4.69) is 15.9 Å². The first-order valence-corrected chi connectivity index (χ1v) is 7.28. The van der Waals surface area contributed by atoms with Crippen molar-refractivity contribution < 1.29 is 8.78 Å². The van der Waals surface area contributed by atoms with E-state index in [1.165, 1.54) is 12.1 Å². The van der Waals surface area contributed by atoms with Gasteiger partial charge in [-0.1, -0.05) is 34.1 Å². The van der Waals surface area contributed by atoms with E-state index in [4.69, 9.17) is 0 Å². The molecule has 0 nitrogen and oxygen atoms in total. The van der Waals surface area contributed by atoms with Crippen LogP contribution in [0.2, 0.25) is 0 Å². The second-order valence-corrected chi connectivity index (χ2v) is 5.33. The van der Waals surface area contributed by atoms with Crippen LogP contribution in [0.1, 0.15) is 22.6 Å². The SMILES string of the molecule is Cc1ccc(F)cc1CC(CBr)c1cccc(F)c1. The lowest BCUT2D eigenvalue weighted by Crippen LogP contribution is -2.06. The highest BCUT2D eigenvalue weighted by Gasteiger charge is 2.13. The normalized spacial score (nSPS) is 12.4. The van der Waals surface area contributed by atoms with Gasteiger partial charge in [-0.3, -0.25) is 0 Å². The van der Waals surface area contributed by atoms with E-state index >= 15 is 0 Å². The lowest BCUT2D eigenvalue weighted by molar-refractivity contribution is 0.617. The zero-order valence-electron chi connectivity index (χ0n) is 10.7. The Labute approximate surface area is 120 Å². The summed E-state index contributed by atoms with van der Waals surface area (Å²) in [5, 5.41) is 0.715. The number of hydrogen-bond acceptors (Lipinski definition) is 0. The first-order valence-electron chi connectivity index (χ1n) is 6.16. The van der Waals surface area contributed by atoms with Crippen LogP contribution in [0, 0.1) is 18.6 Å². The van der Waals surface area contributed by atoms with Crippen molar-refractivity contribution in [3.63, 3.8) is 0 Å². The van der Waals surface area contributed by atoms with Gasteiger partial charge in [-0.2, -0.15) is 0 Å². The van der Waals surface area contributed by atoms with Crippen LogP contribution < -0.4 is 0 Å². The minimum Gasteiger partial charge on any atom is -0.207 e. The molecule has 0 aliphatic rings. The summed E-state index contributed by atoms with van der Waals surface area (Å²) in [5.41, 5.74) is 2.96. The fraction of sp³-hybridized carbons (Fsp3) is 0.250. The predicted molar refractivity (Wildman–Crippen MR) is 77.8 cm³/mol. The number of halogens is 3. The highest BCUT2D eigenvalue weighted by atomic mass is 79.9. The van der Waals surface area contributed by atoms with Gasteiger partial charge < -0.3 is 0 Å². The van der Waals surface area contributed by atoms with Crippen LogP contribution in [-0.2, 0) is 6.42 Å². The molecule has 0 aromatic heterocycles. The van der Waals surface area contributed by atoms with Crippen molar-refractivity contribution in [2.75, 3.05) is 5.33 Å². The van der Waals surface area contributed by atoms with Gasteiger partial charge in [-0.25, -0.2) is 8.78 Å². The molecule has 0 N–H and O–H groups in total. The number of aryl methyl sites for hydroxylation is 1. The van der Waals surface area contributed by atoms with E-state index in [1.807, 2.05) is 13.0 Å². The van der Waals surface area contributed by atoms with E-state index in [-0.39, 0.29) is 17.6 Å². The molecule has 1 atom stereocenters. The molecule has 1 unspecified atom stereocenters. The minimum absolute atomic E-state index is 0.135. The summed E-state index contributed by atoms with van der Waals surface area (Å²) in [7, 11) is 0. The van der Waals surface area contributed by atoms with E-state index in [0.717, 1.165) is 16.7 Å². The zero-order chi connectivity index (χ0) is 13.8. The number of benzene rings is 2. The lowest BCUT2D eigenvalue weighted by Gasteiger charge is -2.16. The first kappa shape index (κ1) is 14.2. The number of hydrogen-bond donors (Lipinski definition) is 0. The average Bonchev–Trinajstić information content (AvgIpc) is 2.39. The summed E-state index contributed by atoms with van der Waals surface area (Å²) in [6.45, 7) is 1.96. The van der Waals surface area contributed by atoms with E-state index < -0.39 is 0 Å². The van der Waals surface area contributed by atoms with Gasteiger partial charge in [0, 0.05) is 5.33 Å². The monoisotopic (exact) mass is 324 g/mol. The van der Waals surface area contributed by atoms with Crippen molar-refractivity contribution in [3.8, 4) is 0 Å². The molecule has 3 heteroatoms. The van der Waals surface area contributed by atoms with Gasteiger partial charge in [-0.15, -0.1) is 0 Å². The van der Waals surface area contributed by atoms with Crippen LogP contribution >= 0.6 is 15.9 Å². The number of rotatable bonds is 4. The third-order valence-electron chi connectivity index (χ3n) is 3.28. The Morgan fingerprint density at radius 2 is 1.79 bits per heavy atom. The third kappa shape index (κ3) is 3.63. The molecular formula is C16H15BrF2. The average molecular weight is 325 g/mol. The Balaban J connectivity index is 2.26. The Hall–Kier alpha value is -1.22. The number of alkyl halides is 1. The molecule has 0 heterocycles. The largest absolute Gasteiger partial charge is 0.207 e. The van der Waals surface area contributed by atoms with Crippen LogP contribution in [-0.4, -0.2) is 5.33 Å². The molecular weight excluding hydrogens is 310 g/mol. The maximum Gasteiger partial charge on any atom is 0.123 e. The summed E-state index contributed by atoms with van der Waals surface area (Å²) < 4.78 is 26.6. The minimum atomic E-state index is -0.237. The topological polar surface area (TPSA) is 0 Å². The summed E-state index contributed by atoms with van der Waals surface area (Å²) in [4.78, 5) is 0. The predicted octanol–water partition coefficient (Wildman–Crippen LogP) is 4.99. The summed E-state index contributed by atoms with van der Waals surface area (Å²) in [5.74, 6) is -0.330. The molecule has 0 amide bonds. The first-order chi connectivity index (χ1) is 9.10. The maximum absolute atomic E-state index is 13.3. The van der Waals surface area contributed by atoms with Crippen LogP contribution in [0.3, 0.4) is 0 Å². The molecule has 100 valence electrons. The molecule has 19 heavy (non-hydrogen) atoms. The Morgan fingerprint density at radius 1 is 1.05 bits per heavy atom. The fourth-order valence-corrected chi connectivity index (χ4v) is 2.75. The van der Waals surface area contributed by atoms with Gasteiger partial charge in [0.15, 0.2) is 0 Å². The molecule has 2 aromatic carbocycles. The van der Waals surface area contributed by atoms with Crippen molar-refractivity contribution in [1.29, 1.82) is 0 Å². The molecule has 2 rings (SSSR count). The van der Waals surface area contributed by atoms with Crippen molar-refractivity contribution in [2.24, 2.45) is 0 Å². The zero-order valence-corrected chi connectivity index (χ0v) is 12.3. The standard InChI is InChI=1S/C16H15BrF2/c1-11-5-6-16(19)9-13(11)7-14(10-17)12-3-2-4-15(18)8-12/h2-6,8-9,14H,7,10H2,1H3. The molecule has 0 bridgehead atoms. The molecule has 0 radical (unpaired) electrons. The second-order valence-electron chi connectivity index (χ2n) is 4.68. The third-order valence-corrected chi connectivity index (χ3v) is 4.07. The van der Waals surface area contributed by atoms with Crippen LogP contribution in [0.4, 0.5) is 8.78 Å². The highest BCUT2D eigenvalue weighted by Crippen LogP contribution is 2.25. The Kier molecular flexibility index (Phi) is 4.70. The summed E-state index contributed by atoms with van der Waals surface area (Å²) >= 11 is 3.46. The summed E-state index contributed by atoms with van der Waals surface area (Å²) in [6, 6.07) is 11.4. The van der Waals surface area contributed by atoms with E-state index in [0.29, 0.717) is 11.8 Å². The molecule has 0 spiro atoms. The molecule has 0 aliphatic carbocycles. The van der Waals surface area contributed by atoms with Crippen LogP contribution in [0.15, 0.2) is 42.5 Å². The van der Waals surface area contributed by atoms with Gasteiger partial charge in [0.1, 0.15) is 11.6 Å².